The van der Waals surface area contributed by atoms with E-state index >= 15 is 0 Å². The van der Waals surface area contributed by atoms with Gasteiger partial charge in [0.2, 0.25) is 5.91 Å². The second-order valence-electron chi connectivity index (χ2n) is 9.17. The lowest BCUT2D eigenvalue weighted by molar-refractivity contribution is -0.348. The molecule has 5 atom stereocenters. The number of aliphatic hydroxyl groups excluding tert-OH is 1. The van der Waals surface area contributed by atoms with Crippen LogP contribution in [0.2, 0.25) is 0 Å². The van der Waals surface area contributed by atoms with Crippen LogP contribution in [0.1, 0.15) is 61.1 Å². The summed E-state index contributed by atoms with van der Waals surface area (Å²) in [7, 11) is 0. The van der Waals surface area contributed by atoms with E-state index in [1.807, 2.05) is 0 Å². The van der Waals surface area contributed by atoms with Gasteiger partial charge in [-0.25, -0.2) is 4.39 Å². The van der Waals surface area contributed by atoms with Gasteiger partial charge in [-0.15, -0.1) is 0 Å². The molecule has 0 unspecified atom stereocenters. The van der Waals surface area contributed by atoms with Crippen LogP contribution in [0.15, 0.2) is 18.2 Å². The summed E-state index contributed by atoms with van der Waals surface area (Å²) < 4.78 is 93.1. The van der Waals surface area contributed by atoms with E-state index < -0.39 is 29.7 Å². The number of benzene rings is 1. The molecule has 0 heterocycles. The van der Waals surface area contributed by atoms with Gasteiger partial charge in [0, 0.05) is 11.5 Å². The molecule has 1 aromatic carbocycles. The van der Waals surface area contributed by atoms with Crippen molar-refractivity contribution in [1.29, 1.82) is 0 Å². The molecule has 3 nitrogen and oxygen atoms in total. The lowest BCUT2D eigenvalue weighted by Gasteiger charge is -2.34. The molecule has 0 radical (unpaired) electrons. The summed E-state index contributed by atoms with van der Waals surface area (Å²) in [6.45, 7) is 0. The standard InChI is InChI=1S/C22H24F7NO2/c23-20(21(24,25)26,22(27,28)29)12-5-7-13-11(10-12)4-6-15-14(13)8-9-16(15)19(32)30-17-2-1-3-18(17)31/h5,7,10,14-18,31H,1-4,6,8-9H2,(H,30,32)/t14-,15+,16+,17+,18+/m0/s1. The van der Waals surface area contributed by atoms with Gasteiger partial charge < -0.3 is 10.4 Å². The zero-order chi connectivity index (χ0) is 23.5. The van der Waals surface area contributed by atoms with Crippen molar-refractivity contribution in [3.63, 3.8) is 0 Å². The van der Waals surface area contributed by atoms with Crippen LogP contribution in [0, 0.1) is 11.8 Å². The van der Waals surface area contributed by atoms with Crippen LogP contribution in [0.5, 0.6) is 0 Å². The first kappa shape index (κ1) is 23.3. The molecule has 0 aliphatic heterocycles. The van der Waals surface area contributed by atoms with Crippen molar-refractivity contribution < 1.29 is 40.6 Å². The minimum atomic E-state index is -6.14. The van der Waals surface area contributed by atoms with Gasteiger partial charge in [0.15, 0.2) is 0 Å². The molecule has 0 spiro atoms. The molecule has 178 valence electrons. The molecule has 1 amide bonds. The molecule has 1 aromatic rings. The largest absolute Gasteiger partial charge is 0.435 e. The maximum atomic E-state index is 14.4. The molecule has 3 aliphatic carbocycles. The van der Waals surface area contributed by atoms with E-state index in [2.05, 4.69) is 5.32 Å². The Morgan fingerprint density at radius 3 is 2.22 bits per heavy atom. The molecule has 3 aliphatic rings. The highest BCUT2D eigenvalue weighted by atomic mass is 19.4. The number of carbonyl (C=O) groups is 1. The number of hydrogen-bond donors (Lipinski definition) is 2. The Kier molecular flexibility index (Phi) is 5.75. The molecule has 0 saturated heterocycles. The Morgan fingerprint density at radius 2 is 1.62 bits per heavy atom. The van der Waals surface area contributed by atoms with Crippen molar-refractivity contribution in [1.82, 2.24) is 5.32 Å². The number of halogens is 7. The number of aliphatic hydroxyl groups is 1. The van der Waals surface area contributed by atoms with Gasteiger partial charge in [-0.3, -0.25) is 4.79 Å². The van der Waals surface area contributed by atoms with E-state index in [-0.39, 0.29) is 41.7 Å². The van der Waals surface area contributed by atoms with Gasteiger partial charge in [0.25, 0.3) is 0 Å². The van der Waals surface area contributed by atoms with Crippen LogP contribution in [-0.2, 0) is 16.9 Å². The summed E-state index contributed by atoms with van der Waals surface area (Å²) >= 11 is 0. The summed E-state index contributed by atoms with van der Waals surface area (Å²) in [6.07, 6.45) is -9.00. The predicted molar refractivity (Wildman–Crippen MR) is 100 cm³/mol. The summed E-state index contributed by atoms with van der Waals surface area (Å²) in [6, 6.07) is 2.13. The Morgan fingerprint density at radius 1 is 0.938 bits per heavy atom. The molecule has 4 rings (SSSR count). The fraction of sp³-hybridized carbons (Fsp3) is 0.682. The monoisotopic (exact) mass is 467 g/mol. The van der Waals surface area contributed by atoms with Gasteiger partial charge in [-0.2, -0.15) is 26.3 Å². The van der Waals surface area contributed by atoms with Crippen LogP contribution >= 0.6 is 0 Å². The predicted octanol–water partition coefficient (Wildman–Crippen LogP) is 5.06. The molecular formula is C22H24F7NO2. The minimum absolute atomic E-state index is 0.0905. The number of alkyl halides is 7. The maximum Gasteiger partial charge on any atom is 0.435 e. The minimum Gasteiger partial charge on any atom is -0.391 e. The fourth-order valence-electron chi connectivity index (χ4n) is 5.79. The van der Waals surface area contributed by atoms with Gasteiger partial charge >= 0.3 is 18.0 Å². The molecule has 0 bridgehead atoms. The third-order valence-corrected chi connectivity index (χ3v) is 7.43. The van der Waals surface area contributed by atoms with Crippen molar-refractivity contribution >= 4 is 5.91 Å². The van der Waals surface area contributed by atoms with Crippen LogP contribution in [0.4, 0.5) is 30.7 Å². The number of rotatable bonds is 3. The average molecular weight is 467 g/mol. The van der Waals surface area contributed by atoms with E-state index in [1.165, 1.54) is 0 Å². The summed E-state index contributed by atoms with van der Waals surface area (Å²) in [5, 5.41) is 12.8. The van der Waals surface area contributed by atoms with Crippen molar-refractivity contribution in [3.8, 4) is 0 Å². The molecule has 0 aromatic heterocycles. The Balaban J connectivity index is 1.57. The second kappa shape index (κ2) is 7.88. The van der Waals surface area contributed by atoms with E-state index in [4.69, 9.17) is 0 Å². The zero-order valence-electron chi connectivity index (χ0n) is 17.1. The Bertz CT molecular complexity index is 868. The molecule has 10 heteroatoms. The average Bonchev–Trinajstić information content (AvgIpc) is 3.31. The highest BCUT2D eigenvalue weighted by Gasteiger charge is 2.73. The Labute approximate surface area is 180 Å². The second-order valence-corrected chi connectivity index (χ2v) is 9.17. The third-order valence-electron chi connectivity index (χ3n) is 7.43. The molecule has 32 heavy (non-hydrogen) atoms. The smallest absolute Gasteiger partial charge is 0.391 e. The molecule has 2 saturated carbocycles. The quantitative estimate of drug-likeness (QED) is 0.611. The first-order valence-electron chi connectivity index (χ1n) is 10.8. The van der Waals surface area contributed by atoms with Crippen LogP contribution in [-0.4, -0.2) is 35.5 Å². The van der Waals surface area contributed by atoms with Crippen LogP contribution < -0.4 is 5.32 Å². The summed E-state index contributed by atoms with van der Waals surface area (Å²) in [5.41, 5.74) is -6.04. The Hall–Kier alpha value is -1.84. The van der Waals surface area contributed by atoms with E-state index in [1.54, 1.807) is 0 Å². The maximum absolute atomic E-state index is 14.4. The van der Waals surface area contributed by atoms with E-state index in [9.17, 15) is 40.6 Å². The van der Waals surface area contributed by atoms with Crippen LogP contribution in [0.25, 0.3) is 0 Å². The SMILES string of the molecule is O=C(N[C@@H]1CCC[C@H]1O)[C@@H]1CC[C@H]2c3ccc(C(F)(C(F)(F)F)C(F)(F)F)cc3CC[C@@H]12. The van der Waals surface area contributed by atoms with Crippen molar-refractivity contribution in [2.45, 2.75) is 81.0 Å². The normalized spacial score (nSPS) is 30.7. The molecular weight excluding hydrogens is 443 g/mol. The first-order chi connectivity index (χ1) is 14.8. The highest BCUT2D eigenvalue weighted by Crippen LogP contribution is 2.55. The first-order valence-corrected chi connectivity index (χ1v) is 10.8. The van der Waals surface area contributed by atoms with Crippen molar-refractivity contribution in [2.24, 2.45) is 11.8 Å². The molecule has 2 N–H and O–H groups in total. The van der Waals surface area contributed by atoms with Gasteiger partial charge in [0.1, 0.15) is 0 Å². The zero-order valence-corrected chi connectivity index (χ0v) is 17.1. The van der Waals surface area contributed by atoms with Gasteiger partial charge in [-0.1, -0.05) is 18.2 Å². The topological polar surface area (TPSA) is 49.3 Å². The van der Waals surface area contributed by atoms with Gasteiger partial charge in [-0.05, 0) is 67.9 Å². The summed E-state index contributed by atoms with van der Waals surface area (Å²) in [5.74, 6) is -0.762. The van der Waals surface area contributed by atoms with E-state index in [0.29, 0.717) is 49.8 Å². The number of nitrogens with one attached hydrogen (secondary N) is 1. The number of carbonyl (C=O) groups excluding carboxylic acids is 1. The third kappa shape index (κ3) is 3.68. The lowest BCUT2D eigenvalue weighted by Crippen LogP contribution is -2.50. The summed E-state index contributed by atoms with van der Waals surface area (Å²) in [4.78, 5) is 12.8. The van der Waals surface area contributed by atoms with Gasteiger partial charge in [0.05, 0.1) is 12.1 Å². The molecule has 2 fully saturated rings. The number of hydrogen-bond acceptors (Lipinski definition) is 2. The highest BCUT2D eigenvalue weighted by molar-refractivity contribution is 5.80. The number of aryl methyl sites for hydroxylation is 1. The number of amides is 1. The van der Waals surface area contributed by atoms with E-state index in [0.717, 1.165) is 12.5 Å². The fourth-order valence-corrected chi connectivity index (χ4v) is 5.79. The lowest BCUT2D eigenvalue weighted by atomic mass is 9.73. The van der Waals surface area contributed by atoms with Crippen molar-refractivity contribution in [3.05, 3.63) is 34.9 Å². The number of fused-ring (bicyclic) bond motifs is 3. The van der Waals surface area contributed by atoms with Crippen LogP contribution in [0.3, 0.4) is 0 Å². The van der Waals surface area contributed by atoms with Crippen molar-refractivity contribution in [2.75, 3.05) is 0 Å².